The van der Waals surface area contributed by atoms with E-state index >= 15 is 0 Å². The van der Waals surface area contributed by atoms with Crippen LogP contribution in [-0.2, 0) is 4.74 Å². The monoisotopic (exact) mass is 238 g/mol. The Bertz CT molecular complexity index is 526. The van der Waals surface area contributed by atoms with Gasteiger partial charge >= 0.3 is 5.97 Å². The van der Waals surface area contributed by atoms with E-state index in [1.807, 2.05) is 0 Å². The molecule has 0 saturated heterocycles. The second-order valence-corrected chi connectivity index (χ2v) is 3.29. The van der Waals surface area contributed by atoms with Crippen LogP contribution in [-0.4, -0.2) is 32.8 Å². The molecular formula is C9H7ClN4O2. The number of carbonyl (C=O) groups is 1. The second kappa shape index (κ2) is 4.28. The summed E-state index contributed by atoms with van der Waals surface area (Å²) < 4.78 is 5.95. The number of carbonyl (C=O) groups excluding carboxylic acids is 1. The third-order valence-corrected chi connectivity index (χ3v) is 2.00. The zero-order chi connectivity index (χ0) is 11.5. The van der Waals surface area contributed by atoms with Crippen LogP contribution in [0.15, 0.2) is 24.8 Å². The van der Waals surface area contributed by atoms with Gasteiger partial charge in [0.05, 0.1) is 36.9 Å². The third-order valence-electron chi connectivity index (χ3n) is 1.80. The van der Waals surface area contributed by atoms with Crippen molar-refractivity contribution < 1.29 is 9.53 Å². The number of esters is 1. The molecule has 0 amide bonds. The topological polar surface area (TPSA) is 69.9 Å². The summed E-state index contributed by atoms with van der Waals surface area (Å²) in [6, 6.07) is 0. The van der Waals surface area contributed by atoms with Crippen LogP contribution in [0.25, 0.3) is 5.82 Å². The highest BCUT2D eigenvalue weighted by Gasteiger charge is 2.09. The molecular weight excluding hydrogens is 232 g/mol. The SMILES string of the molecule is COC(=O)c1cncc(-n2cc(Cl)cn2)n1. The standard InChI is InChI=1S/C9H7ClN4O2/c1-16-9(15)7-3-11-4-8(13-7)14-5-6(10)2-12-14/h2-5H,1H3. The summed E-state index contributed by atoms with van der Waals surface area (Å²) in [5.74, 6) is -0.151. The zero-order valence-corrected chi connectivity index (χ0v) is 9.05. The molecule has 2 rings (SSSR count). The molecule has 0 aliphatic heterocycles. The molecule has 0 bridgehead atoms. The third kappa shape index (κ3) is 2.01. The molecule has 16 heavy (non-hydrogen) atoms. The molecule has 0 fully saturated rings. The van der Waals surface area contributed by atoms with Gasteiger partial charge in [0.2, 0.25) is 0 Å². The number of hydrogen-bond acceptors (Lipinski definition) is 5. The Balaban J connectivity index is 2.39. The van der Waals surface area contributed by atoms with Gasteiger partial charge in [0.25, 0.3) is 0 Å². The van der Waals surface area contributed by atoms with Crippen LogP contribution in [0, 0.1) is 0 Å². The Hall–Kier alpha value is -1.95. The number of halogens is 1. The minimum Gasteiger partial charge on any atom is -0.464 e. The van der Waals surface area contributed by atoms with E-state index in [2.05, 4.69) is 19.8 Å². The highest BCUT2D eigenvalue weighted by Crippen LogP contribution is 2.09. The Morgan fingerprint density at radius 2 is 2.25 bits per heavy atom. The van der Waals surface area contributed by atoms with Crippen molar-refractivity contribution in [3.8, 4) is 5.82 Å². The van der Waals surface area contributed by atoms with Crippen molar-refractivity contribution in [1.29, 1.82) is 0 Å². The first-order valence-corrected chi connectivity index (χ1v) is 4.69. The van der Waals surface area contributed by atoms with E-state index in [1.165, 1.54) is 30.4 Å². The fraction of sp³-hybridized carbons (Fsp3) is 0.111. The first-order valence-electron chi connectivity index (χ1n) is 4.31. The molecule has 0 aliphatic carbocycles. The van der Waals surface area contributed by atoms with Crippen molar-refractivity contribution in [2.75, 3.05) is 7.11 Å². The maximum absolute atomic E-state index is 11.2. The molecule has 0 spiro atoms. The van der Waals surface area contributed by atoms with Gasteiger partial charge < -0.3 is 4.74 Å². The van der Waals surface area contributed by atoms with E-state index in [4.69, 9.17) is 11.6 Å². The lowest BCUT2D eigenvalue weighted by atomic mass is 10.4. The average Bonchev–Trinajstić information content (AvgIpc) is 2.75. The van der Waals surface area contributed by atoms with Crippen molar-refractivity contribution in [3.05, 3.63) is 35.5 Å². The van der Waals surface area contributed by atoms with Gasteiger partial charge in [-0.25, -0.2) is 14.5 Å². The number of nitrogens with zero attached hydrogens (tertiary/aromatic N) is 4. The lowest BCUT2D eigenvalue weighted by Crippen LogP contribution is -2.08. The molecule has 2 heterocycles. The average molecular weight is 239 g/mol. The van der Waals surface area contributed by atoms with E-state index < -0.39 is 5.97 Å². The zero-order valence-electron chi connectivity index (χ0n) is 8.29. The number of rotatable bonds is 2. The molecule has 0 atom stereocenters. The fourth-order valence-corrected chi connectivity index (χ4v) is 1.23. The summed E-state index contributed by atoms with van der Waals surface area (Å²) in [5.41, 5.74) is 0.117. The summed E-state index contributed by atoms with van der Waals surface area (Å²) in [6.45, 7) is 0. The molecule has 6 nitrogen and oxygen atoms in total. The van der Waals surface area contributed by atoms with Crippen LogP contribution in [0.4, 0.5) is 0 Å². The van der Waals surface area contributed by atoms with Gasteiger partial charge in [-0.2, -0.15) is 5.10 Å². The highest BCUT2D eigenvalue weighted by atomic mass is 35.5. The molecule has 0 aromatic carbocycles. The normalized spacial score (nSPS) is 10.1. The van der Waals surface area contributed by atoms with Gasteiger partial charge in [0, 0.05) is 0 Å². The van der Waals surface area contributed by atoms with Crippen LogP contribution in [0.3, 0.4) is 0 Å². The summed E-state index contributed by atoms with van der Waals surface area (Å²) in [7, 11) is 1.28. The molecule has 7 heteroatoms. The Morgan fingerprint density at radius 1 is 1.44 bits per heavy atom. The van der Waals surface area contributed by atoms with Crippen LogP contribution in [0.1, 0.15) is 10.5 Å². The molecule has 82 valence electrons. The molecule has 2 aromatic rings. The van der Waals surface area contributed by atoms with Crippen molar-refractivity contribution in [3.63, 3.8) is 0 Å². The Labute approximate surface area is 95.8 Å². The molecule has 0 N–H and O–H groups in total. The first-order chi connectivity index (χ1) is 7.70. The maximum Gasteiger partial charge on any atom is 0.358 e. The lowest BCUT2D eigenvalue weighted by molar-refractivity contribution is 0.0593. The quantitative estimate of drug-likeness (QED) is 0.733. The van der Waals surface area contributed by atoms with E-state index in [9.17, 15) is 4.79 Å². The minimum atomic E-state index is -0.549. The van der Waals surface area contributed by atoms with Crippen molar-refractivity contribution >= 4 is 17.6 Å². The Morgan fingerprint density at radius 3 is 2.88 bits per heavy atom. The Kier molecular flexibility index (Phi) is 2.82. The van der Waals surface area contributed by atoms with E-state index in [0.717, 1.165) is 0 Å². The van der Waals surface area contributed by atoms with Gasteiger partial charge in [-0.3, -0.25) is 4.98 Å². The molecule has 2 aromatic heterocycles. The lowest BCUT2D eigenvalue weighted by Gasteiger charge is -2.01. The fourth-order valence-electron chi connectivity index (χ4n) is 1.10. The summed E-state index contributed by atoms with van der Waals surface area (Å²) in [6.07, 6.45) is 5.82. The number of methoxy groups -OCH3 is 1. The van der Waals surface area contributed by atoms with E-state index in [1.54, 1.807) is 6.20 Å². The largest absolute Gasteiger partial charge is 0.464 e. The highest BCUT2D eigenvalue weighted by molar-refractivity contribution is 6.30. The molecule has 0 saturated carbocycles. The number of aromatic nitrogens is 4. The minimum absolute atomic E-state index is 0.117. The van der Waals surface area contributed by atoms with Crippen LogP contribution in [0.5, 0.6) is 0 Å². The second-order valence-electron chi connectivity index (χ2n) is 2.86. The first kappa shape index (κ1) is 10.6. The van der Waals surface area contributed by atoms with Crippen LogP contribution < -0.4 is 0 Å². The molecule has 0 aliphatic rings. The van der Waals surface area contributed by atoms with E-state index in [0.29, 0.717) is 10.8 Å². The van der Waals surface area contributed by atoms with Gasteiger partial charge in [0.1, 0.15) is 0 Å². The van der Waals surface area contributed by atoms with Crippen molar-refractivity contribution in [2.45, 2.75) is 0 Å². The smallest absolute Gasteiger partial charge is 0.358 e. The predicted octanol–water partition coefficient (Wildman–Crippen LogP) is 1.10. The van der Waals surface area contributed by atoms with Crippen LogP contribution in [0.2, 0.25) is 5.02 Å². The summed E-state index contributed by atoms with van der Waals surface area (Å²) in [4.78, 5) is 19.1. The number of hydrogen-bond donors (Lipinski definition) is 0. The maximum atomic E-state index is 11.2. The van der Waals surface area contributed by atoms with Gasteiger partial charge in [-0.1, -0.05) is 11.6 Å². The summed E-state index contributed by atoms with van der Waals surface area (Å²) >= 11 is 5.72. The molecule has 0 unspecified atom stereocenters. The van der Waals surface area contributed by atoms with Crippen LogP contribution >= 0.6 is 11.6 Å². The van der Waals surface area contributed by atoms with Gasteiger partial charge in [-0.05, 0) is 0 Å². The number of ether oxygens (including phenoxy) is 1. The predicted molar refractivity (Wildman–Crippen MR) is 55.5 cm³/mol. The van der Waals surface area contributed by atoms with Crippen molar-refractivity contribution in [2.24, 2.45) is 0 Å². The van der Waals surface area contributed by atoms with Gasteiger partial charge in [0.15, 0.2) is 11.5 Å². The van der Waals surface area contributed by atoms with E-state index in [-0.39, 0.29) is 5.69 Å². The summed E-state index contributed by atoms with van der Waals surface area (Å²) in [5, 5.41) is 4.42. The van der Waals surface area contributed by atoms with Gasteiger partial charge in [-0.15, -0.1) is 0 Å². The molecule has 0 radical (unpaired) electrons. The van der Waals surface area contributed by atoms with Crippen molar-refractivity contribution in [1.82, 2.24) is 19.7 Å².